The number of benzene rings is 1. The summed E-state index contributed by atoms with van der Waals surface area (Å²) >= 11 is 0. The number of carbonyl (C=O) groups excluding carboxylic acids is 1. The quantitative estimate of drug-likeness (QED) is 0.0717. The number of rotatable bonds is 10. The predicted octanol–water partition coefficient (Wildman–Crippen LogP) is 7.13. The van der Waals surface area contributed by atoms with Crippen LogP contribution in [0.15, 0.2) is 24.3 Å². The van der Waals surface area contributed by atoms with Gasteiger partial charge in [-0.2, -0.15) is 0 Å². The Morgan fingerprint density at radius 2 is 1.24 bits per heavy atom. The zero-order chi connectivity index (χ0) is 31.2. The van der Waals surface area contributed by atoms with Gasteiger partial charge in [-0.1, -0.05) is 0 Å². The van der Waals surface area contributed by atoms with E-state index in [-0.39, 0.29) is 32.8 Å². The van der Waals surface area contributed by atoms with Crippen molar-refractivity contribution in [1.29, 1.82) is 5.41 Å². The van der Waals surface area contributed by atoms with Gasteiger partial charge in [-0.05, 0) is 127 Å². The number of ether oxygens (including phenoxy) is 1. The number of carbonyl (C=O) groups is 1. The van der Waals surface area contributed by atoms with Crippen molar-refractivity contribution in [1.82, 2.24) is 9.34 Å². The van der Waals surface area contributed by atoms with Crippen LogP contribution >= 0.6 is 8.22 Å². The second kappa shape index (κ2) is 26.4. The molecule has 0 bridgehead atoms. The van der Waals surface area contributed by atoms with Crippen LogP contribution in [-0.2, 0) is 35.7 Å². The minimum absolute atomic E-state index is 0. The molecule has 1 aromatic carbocycles. The van der Waals surface area contributed by atoms with E-state index in [4.69, 9.17) is 10.9 Å². The Hall–Kier alpha value is -1.03. The van der Waals surface area contributed by atoms with E-state index in [0.717, 1.165) is 5.56 Å². The number of nitrogens with zero attached hydrogens (tertiary/aromatic N) is 4. The Balaban J connectivity index is 0. The molecule has 0 saturated heterocycles. The minimum Gasteiger partial charge on any atom is -0.485 e. The first-order chi connectivity index (χ1) is 19.5. The molecule has 0 heterocycles. The number of esters is 1. The molecule has 2 fully saturated rings. The van der Waals surface area contributed by atoms with E-state index >= 15 is 0 Å². The molecule has 0 amide bonds. The fourth-order valence-electron chi connectivity index (χ4n) is 3.91. The molecule has 2 aliphatic carbocycles. The van der Waals surface area contributed by atoms with E-state index in [1.54, 1.807) is 13.1 Å². The Morgan fingerprint density at radius 3 is 1.50 bits per heavy atom. The molecule has 224 valence electrons. The predicted molar refractivity (Wildman–Crippen MR) is 172 cm³/mol. The summed E-state index contributed by atoms with van der Waals surface area (Å²) in [6.45, 7) is 19.8. The van der Waals surface area contributed by atoms with Crippen molar-refractivity contribution in [2.45, 2.75) is 86.5 Å². The molecule has 0 atom stereocenters. The summed E-state index contributed by atoms with van der Waals surface area (Å²) in [5.41, 5.74) is 9.29. The molecule has 7 nitrogen and oxygen atoms in total. The summed E-state index contributed by atoms with van der Waals surface area (Å²) in [6, 6.07) is 12.7. The van der Waals surface area contributed by atoms with Crippen LogP contribution in [0, 0.1) is 75.7 Å². The van der Waals surface area contributed by atoms with Crippen LogP contribution in [0.1, 0.15) is 67.9 Å². The van der Waals surface area contributed by atoms with Crippen LogP contribution in [-0.4, -0.2) is 62.5 Å². The molecule has 1 aromatic rings. The summed E-state index contributed by atoms with van der Waals surface area (Å²) in [5.74, 6) is -0.755. The summed E-state index contributed by atoms with van der Waals surface area (Å²) in [4.78, 5) is 12.4. The van der Waals surface area contributed by atoms with E-state index < -0.39 is 14.2 Å². The Morgan fingerprint density at radius 1 is 0.857 bits per heavy atom. The van der Waals surface area contributed by atoms with Gasteiger partial charge >= 0.3 is 26.2 Å². The van der Waals surface area contributed by atoms with Crippen molar-refractivity contribution in [2.75, 3.05) is 6.61 Å². The molecule has 0 spiro atoms. The van der Waals surface area contributed by atoms with Gasteiger partial charge < -0.3 is 20.5 Å². The van der Waals surface area contributed by atoms with E-state index in [9.17, 15) is 4.79 Å². The van der Waals surface area contributed by atoms with E-state index in [0.29, 0.717) is 29.6 Å². The number of nitrogens with one attached hydrogen (secondary N) is 1. The minimum atomic E-state index is -0.864. The Kier molecular flexibility index (Phi) is 27.1. The van der Waals surface area contributed by atoms with Crippen molar-refractivity contribution in [3.8, 4) is 0 Å². The molecule has 0 aromatic heterocycles. The van der Waals surface area contributed by atoms with Gasteiger partial charge in [0.2, 0.25) is 5.97 Å². The summed E-state index contributed by atoms with van der Waals surface area (Å²) < 4.78 is 9.28. The normalized spacial score (nSPS) is 14.0. The van der Waals surface area contributed by atoms with Crippen molar-refractivity contribution >= 4 is 25.9 Å². The summed E-state index contributed by atoms with van der Waals surface area (Å²) in [7, 11) is -0.864. The largest absolute Gasteiger partial charge is 4.00 e. The first kappa shape index (κ1) is 43.1. The first-order valence-corrected chi connectivity index (χ1v) is 15.3. The van der Waals surface area contributed by atoms with Crippen LogP contribution in [0.2, 0.25) is 0 Å². The molecule has 0 unspecified atom stereocenters. The molecule has 0 aliphatic heterocycles. The first-order valence-electron chi connectivity index (χ1n) is 14.0. The molecule has 42 heavy (non-hydrogen) atoms. The molecule has 2 saturated carbocycles. The standard InChI is InChI=1S/C19H33N3P.2C5H5.C4H5N2O2.Zr/c1-14(2)21(15(3)4)23(22(16(5)6)17(7)8)19(20)18-12-10-9-11-13-18;2*1-2-4-5-3-1;1-2-8-4(7)3-6-5;/h9-12,14-17,20H,1-8H3;2*1-5H;2H2,1H3;/q-1;;;-1;+4. The van der Waals surface area contributed by atoms with Crippen molar-refractivity contribution < 1.29 is 40.5 Å². The topological polar surface area (TPSA) is 93.0 Å². The third-order valence-corrected chi connectivity index (χ3v) is 8.61. The Labute approximate surface area is 278 Å². The zero-order valence-electron chi connectivity index (χ0n) is 26.7. The Bertz CT molecular complexity index is 807. The van der Waals surface area contributed by atoms with Crippen LogP contribution in [0.3, 0.4) is 0 Å². The van der Waals surface area contributed by atoms with Gasteiger partial charge in [0.15, 0.2) is 0 Å². The van der Waals surface area contributed by atoms with Gasteiger partial charge in [0, 0.05) is 37.8 Å². The maximum absolute atomic E-state index is 10.1. The zero-order valence-corrected chi connectivity index (χ0v) is 30.0. The molecule has 10 radical (unpaired) electrons. The fourth-order valence-corrected chi connectivity index (χ4v) is 6.72. The van der Waals surface area contributed by atoms with Crippen molar-refractivity contribution in [3.63, 3.8) is 0 Å². The van der Waals surface area contributed by atoms with Crippen LogP contribution < -0.4 is 0 Å². The molecule has 1 N–H and O–H groups in total. The third kappa shape index (κ3) is 18.6. The van der Waals surface area contributed by atoms with Crippen LogP contribution in [0.5, 0.6) is 0 Å². The van der Waals surface area contributed by atoms with Crippen molar-refractivity contribution in [2.24, 2.45) is 0 Å². The smallest absolute Gasteiger partial charge is 0.485 e. The fraction of sp³-hybridized carbons (Fsp3) is 0.424. The summed E-state index contributed by atoms with van der Waals surface area (Å²) in [5, 5.41) is 8.94. The molecular weight excluding hydrogens is 621 g/mol. The molecular formula is C33H48N5O2PZr+2. The van der Waals surface area contributed by atoms with Crippen LogP contribution in [0.4, 0.5) is 0 Å². The average molecular weight is 669 g/mol. The SMILES string of the molecule is CC(C)N(C(C)C)P(C(=N)c1[c-]cccc1)N(C(C)C)C(C)C.CCOC(=O)[C-]=[N+]=[N-].[CH]1[CH][CH][CH][CH]1.[CH]1[CH][CH][CH][CH]1.[Zr+4]. The third-order valence-electron chi connectivity index (χ3n) is 5.25. The van der Waals surface area contributed by atoms with E-state index in [1.807, 2.05) is 88.5 Å². The second-order valence-corrected chi connectivity index (χ2v) is 11.9. The number of hydrogen-bond donors (Lipinski definition) is 1. The van der Waals surface area contributed by atoms with Gasteiger partial charge in [-0.25, -0.2) is 0 Å². The average Bonchev–Trinajstić information content (AvgIpc) is 3.68. The van der Waals surface area contributed by atoms with Gasteiger partial charge in [-0.15, -0.1) is 35.9 Å². The van der Waals surface area contributed by atoms with E-state index in [1.165, 1.54) is 0 Å². The molecule has 3 rings (SSSR count). The second-order valence-electron chi connectivity index (χ2n) is 9.91. The maximum atomic E-state index is 10.1. The maximum Gasteiger partial charge on any atom is 4.00 e. The van der Waals surface area contributed by atoms with Gasteiger partial charge in [0.25, 0.3) is 0 Å². The van der Waals surface area contributed by atoms with Gasteiger partial charge in [0.1, 0.15) is 0 Å². The number of hydrogen-bond acceptors (Lipinski definition) is 5. The van der Waals surface area contributed by atoms with Gasteiger partial charge in [0.05, 0.1) is 12.8 Å². The van der Waals surface area contributed by atoms with E-state index in [2.05, 4.69) is 80.3 Å². The summed E-state index contributed by atoms with van der Waals surface area (Å²) in [6.07, 6.45) is 21.7. The monoisotopic (exact) mass is 667 g/mol. The molecule has 2 aliphatic rings. The van der Waals surface area contributed by atoms with Gasteiger partial charge in [-0.3, -0.25) is 14.1 Å². The molecule has 9 heteroatoms. The van der Waals surface area contributed by atoms with Crippen molar-refractivity contribution in [3.05, 3.63) is 106 Å². The van der Waals surface area contributed by atoms with Crippen LogP contribution in [0.25, 0.3) is 5.53 Å².